The van der Waals surface area contributed by atoms with Gasteiger partial charge in [-0.1, -0.05) is 30.3 Å². The number of benzene rings is 1. The van der Waals surface area contributed by atoms with Crippen LogP contribution in [0.3, 0.4) is 0 Å². The molecule has 1 fully saturated rings. The molecule has 0 radical (unpaired) electrons. The molecule has 5 heteroatoms. The van der Waals surface area contributed by atoms with Crippen LogP contribution >= 0.6 is 0 Å². The number of amides is 1. The molecule has 24 heavy (non-hydrogen) atoms. The quantitative estimate of drug-likeness (QED) is 0.854. The van der Waals surface area contributed by atoms with E-state index in [0.29, 0.717) is 45.6 Å². The normalized spacial score (nSPS) is 16.7. The number of ether oxygens (including phenoxy) is 1. The summed E-state index contributed by atoms with van der Waals surface area (Å²) in [4.78, 5) is 17.6. The van der Waals surface area contributed by atoms with Crippen LogP contribution in [0.4, 0.5) is 0 Å². The van der Waals surface area contributed by atoms with Crippen LogP contribution in [0, 0.1) is 0 Å². The minimum atomic E-state index is -0.863. The van der Waals surface area contributed by atoms with Gasteiger partial charge in [-0.05, 0) is 17.7 Å². The van der Waals surface area contributed by atoms with Crippen molar-refractivity contribution in [3.05, 3.63) is 59.9 Å². The fourth-order valence-electron chi connectivity index (χ4n) is 3.05. The van der Waals surface area contributed by atoms with Crippen LogP contribution in [0.15, 0.2) is 48.7 Å². The summed E-state index contributed by atoms with van der Waals surface area (Å²) in [6, 6.07) is 13.7. The number of nitrogens with one attached hydrogen (secondary N) is 1. The first-order valence-electron chi connectivity index (χ1n) is 8.39. The Balaban J connectivity index is 1.73. The van der Waals surface area contributed by atoms with E-state index in [9.17, 15) is 9.90 Å². The van der Waals surface area contributed by atoms with Crippen molar-refractivity contribution in [2.75, 3.05) is 19.8 Å². The van der Waals surface area contributed by atoms with Crippen LogP contribution in [0.5, 0.6) is 0 Å². The first kappa shape index (κ1) is 16.7. The highest BCUT2D eigenvalue weighted by atomic mass is 16.5. The van der Waals surface area contributed by atoms with Crippen molar-refractivity contribution < 1.29 is 14.6 Å². The predicted octanol–water partition coefficient (Wildman–Crippen LogP) is 2.13. The second-order valence-electron chi connectivity index (χ2n) is 6.44. The molecule has 1 aromatic heterocycles. The molecule has 128 valence electrons. The number of carbonyl (C=O) groups excluding carboxylic acids is 1. The molecule has 2 aromatic rings. The lowest BCUT2D eigenvalue weighted by atomic mass is 9.93. The molecule has 0 unspecified atom stereocenters. The van der Waals surface area contributed by atoms with Crippen molar-refractivity contribution in [3.8, 4) is 0 Å². The second kappa shape index (κ2) is 7.64. The van der Waals surface area contributed by atoms with Gasteiger partial charge in [0, 0.05) is 51.0 Å². The van der Waals surface area contributed by atoms with Gasteiger partial charge in [-0.25, -0.2) is 0 Å². The largest absolute Gasteiger partial charge is 0.388 e. The zero-order valence-electron chi connectivity index (χ0n) is 13.8. The van der Waals surface area contributed by atoms with Crippen LogP contribution in [-0.2, 0) is 22.5 Å². The Labute approximate surface area is 142 Å². The Kier molecular flexibility index (Phi) is 5.33. The third kappa shape index (κ3) is 4.46. The molecular formula is C19H24N2O3. The summed E-state index contributed by atoms with van der Waals surface area (Å²) in [5.41, 5.74) is 1.09. The maximum atomic E-state index is 12.8. The highest BCUT2D eigenvalue weighted by Crippen LogP contribution is 2.23. The first-order valence-corrected chi connectivity index (χ1v) is 8.39. The Morgan fingerprint density at radius 1 is 1.17 bits per heavy atom. The van der Waals surface area contributed by atoms with E-state index in [1.807, 2.05) is 48.7 Å². The highest BCUT2D eigenvalue weighted by molar-refractivity contribution is 5.78. The van der Waals surface area contributed by atoms with Crippen LogP contribution < -0.4 is 0 Å². The summed E-state index contributed by atoms with van der Waals surface area (Å²) in [5.74, 6) is 0.0150. The molecular weight excluding hydrogens is 304 g/mol. The number of aromatic nitrogens is 1. The van der Waals surface area contributed by atoms with Crippen molar-refractivity contribution in [2.45, 2.75) is 31.4 Å². The maximum absolute atomic E-state index is 12.8. The fraction of sp³-hybridized carbons (Fsp3) is 0.421. The number of carbonyl (C=O) groups is 1. The minimum absolute atomic E-state index is 0.0150. The van der Waals surface area contributed by atoms with E-state index in [0.717, 1.165) is 11.3 Å². The van der Waals surface area contributed by atoms with Crippen molar-refractivity contribution in [2.24, 2.45) is 0 Å². The summed E-state index contributed by atoms with van der Waals surface area (Å²) >= 11 is 0. The molecule has 3 rings (SSSR count). The third-order valence-electron chi connectivity index (χ3n) is 4.48. The summed E-state index contributed by atoms with van der Waals surface area (Å²) in [5, 5.41) is 10.8. The molecule has 1 amide bonds. The highest BCUT2D eigenvalue weighted by Gasteiger charge is 2.33. The number of aromatic amines is 1. The van der Waals surface area contributed by atoms with Crippen LogP contribution in [-0.4, -0.2) is 46.3 Å². The van der Waals surface area contributed by atoms with E-state index in [-0.39, 0.29) is 5.91 Å². The van der Waals surface area contributed by atoms with Gasteiger partial charge in [-0.3, -0.25) is 4.79 Å². The Bertz CT molecular complexity index is 634. The lowest BCUT2D eigenvalue weighted by Crippen LogP contribution is -2.48. The molecule has 5 nitrogen and oxygen atoms in total. The zero-order valence-corrected chi connectivity index (χ0v) is 13.8. The van der Waals surface area contributed by atoms with E-state index in [1.165, 1.54) is 0 Å². The number of rotatable bonds is 6. The standard InChI is InChI=1S/C19H24N2O3/c22-18(13-17-7-4-10-20-17)21(14-16-5-2-1-3-6-16)15-19(23)8-11-24-12-9-19/h1-7,10,20,23H,8-9,11-15H2. The van der Waals surface area contributed by atoms with E-state index < -0.39 is 5.60 Å². The lowest BCUT2D eigenvalue weighted by Gasteiger charge is -2.37. The summed E-state index contributed by atoms with van der Waals surface area (Å²) in [6.45, 7) is 1.93. The van der Waals surface area contributed by atoms with E-state index in [2.05, 4.69) is 4.98 Å². The van der Waals surface area contributed by atoms with Gasteiger partial charge in [-0.15, -0.1) is 0 Å². The lowest BCUT2D eigenvalue weighted by molar-refractivity contribution is -0.139. The van der Waals surface area contributed by atoms with Crippen molar-refractivity contribution in [3.63, 3.8) is 0 Å². The van der Waals surface area contributed by atoms with Crippen LogP contribution in [0.1, 0.15) is 24.1 Å². The molecule has 2 N–H and O–H groups in total. The summed E-state index contributed by atoms with van der Waals surface area (Å²) < 4.78 is 5.34. The number of hydrogen-bond donors (Lipinski definition) is 2. The number of hydrogen-bond acceptors (Lipinski definition) is 3. The van der Waals surface area contributed by atoms with E-state index >= 15 is 0 Å². The van der Waals surface area contributed by atoms with Gasteiger partial charge in [0.25, 0.3) is 0 Å². The van der Waals surface area contributed by atoms with Gasteiger partial charge in [0.1, 0.15) is 0 Å². The number of H-pyrrole nitrogens is 1. The second-order valence-corrected chi connectivity index (χ2v) is 6.44. The van der Waals surface area contributed by atoms with E-state index in [4.69, 9.17) is 4.74 Å². The molecule has 1 aliphatic rings. The minimum Gasteiger partial charge on any atom is -0.388 e. The average Bonchev–Trinajstić information content (AvgIpc) is 3.08. The van der Waals surface area contributed by atoms with E-state index in [1.54, 1.807) is 4.90 Å². The van der Waals surface area contributed by atoms with Crippen molar-refractivity contribution in [1.29, 1.82) is 0 Å². The average molecular weight is 328 g/mol. The summed E-state index contributed by atoms with van der Waals surface area (Å²) in [6.07, 6.45) is 3.25. The molecule has 0 saturated carbocycles. The molecule has 0 atom stereocenters. The molecule has 1 aromatic carbocycles. The van der Waals surface area contributed by atoms with Crippen molar-refractivity contribution >= 4 is 5.91 Å². The van der Waals surface area contributed by atoms with Gasteiger partial charge < -0.3 is 19.7 Å². The Morgan fingerprint density at radius 2 is 1.92 bits per heavy atom. The molecule has 0 spiro atoms. The molecule has 0 bridgehead atoms. The van der Waals surface area contributed by atoms with Crippen LogP contribution in [0.25, 0.3) is 0 Å². The van der Waals surface area contributed by atoms with Crippen molar-refractivity contribution in [1.82, 2.24) is 9.88 Å². The molecule has 2 heterocycles. The third-order valence-corrected chi connectivity index (χ3v) is 4.48. The van der Waals surface area contributed by atoms with Gasteiger partial charge in [0.05, 0.1) is 12.0 Å². The smallest absolute Gasteiger partial charge is 0.228 e. The van der Waals surface area contributed by atoms with Gasteiger partial charge in [-0.2, -0.15) is 0 Å². The first-order chi connectivity index (χ1) is 11.6. The van der Waals surface area contributed by atoms with Gasteiger partial charge >= 0.3 is 0 Å². The maximum Gasteiger partial charge on any atom is 0.228 e. The molecule has 0 aliphatic carbocycles. The molecule has 1 aliphatic heterocycles. The van der Waals surface area contributed by atoms with Gasteiger partial charge in [0.2, 0.25) is 5.91 Å². The monoisotopic (exact) mass is 328 g/mol. The SMILES string of the molecule is O=C(Cc1ccc[nH]1)N(Cc1ccccc1)CC1(O)CCOCC1. The van der Waals surface area contributed by atoms with Crippen LogP contribution in [0.2, 0.25) is 0 Å². The predicted molar refractivity (Wildman–Crippen MR) is 91.4 cm³/mol. The van der Waals surface area contributed by atoms with Gasteiger partial charge in [0.15, 0.2) is 0 Å². The topological polar surface area (TPSA) is 65.6 Å². The molecule has 1 saturated heterocycles. The Morgan fingerprint density at radius 3 is 2.58 bits per heavy atom. The zero-order chi connectivity index (χ0) is 16.8. The number of aliphatic hydroxyl groups is 1. The number of nitrogens with zero attached hydrogens (tertiary/aromatic N) is 1. The fourth-order valence-corrected chi connectivity index (χ4v) is 3.05. The Hall–Kier alpha value is -2.11. The summed E-state index contributed by atoms with van der Waals surface area (Å²) in [7, 11) is 0.